The van der Waals surface area contributed by atoms with Crippen LogP contribution >= 0.6 is 0 Å². The molecule has 6 nitrogen and oxygen atoms in total. The van der Waals surface area contributed by atoms with Gasteiger partial charge in [0.2, 0.25) is 0 Å². The first-order valence-corrected chi connectivity index (χ1v) is 7.32. The van der Waals surface area contributed by atoms with Crippen molar-refractivity contribution in [3.05, 3.63) is 59.8 Å². The van der Waals surface area contributed by atoms with Crippen molar-refractivity contribution in [2.45, 2.75) is 13.3 Å². The van der Waals surface area contributed by atoms with Gasteiger partial charge in [-0.2, -0.15) is 4.98 Å². The number of aromatic nitrogens is 2. The molecular formula is C17H17N3O3. The van der Waals surface area contributed by atoms with Crippen molar-refractivity contribution in [2.24, 2.45) is 0 Å². The van der Waals surface area contributed by atoms with Crippen molar-refractivity contribution in [1.29, 1.82) is 0 Å². The number of likely N-dealkylation sites (N-methyl/N-ethyl adjacent to an activating group) is 1. The van der Waals surface area contributed by atoms with E-state index >= 15 is 0 Å². The number of nitrogens with zero attached hydrogens (tertiary/aromatic N) is 3. The molecule has 0 aliphatic carbocycles. The van der Waals surface area contributed by atoms with Crippen molar-refractivity contribution >= 4 is 5.91 Å². The van der Waals surface area contributed by atoms with E-state index in [-0.39, 0.29) is 5.91 Å². The minimum atomic E-state index is -0.169. The van der Waals surface area contributed by atoms with E-state index in [2.05, 4.69) is 10.1 Å². The lowest BCUT2D eigenvalue weighted by Crippen LogP contribution is -2.28. The fourth-order valence-corrected chi connectivity index (χ4v) is 2.21. The third-order valence-corrected chi connectivity index (χ3v) is 3.48. The summed E-state index contributed by atoms with van der Waals surface area (Å²) in [7, 11) is 1.71. The highest BCUT2D eigenvalue weighted by Crippen LogP contribution is 2.18. The minimum Gasteiger partial charge on any atom is -0.459 e. The van der Waals surface area contributed by atoms with Gasteiger partial charge in [-0.3, -0.25) is 4.79 Å². The highest BCUT2D eigenvalue weighted by atomic mass is 16.5. The number of furan rings is 1. The van der Waals surface area contributed by atoms with Gasteiger partial charge in [-0.1, -0.05) is 22.9 Å². The molecule has 0 saturated carbocycles. The van der Waals surface area contributed by atoms with E-state index in [0.29, 0.717) is 30.4 Å². The summed E-state index contributed by atoms with van der Waals surface area (Å²) in [6.07, 6.45) is 1.99. The van der Waals surface area contributed by atoms with E-state index < -0.39 is 0 Å². The molecule has 0 spiro atoms. The van der Waals surface area contributed by atoms with Crippen molar-refractivity contribution in [3.8, 4) is 11.5 Å². The van der Waals surface area contributed by atoms with E-state index in [1.165, 1.54) is 6.26 Å². The van der Waals surface area contributed by atoms with Crippen LogP contribution in [0, 0.1) is 6.92 Å². The van der Waals surface area contributed by atoms with Gasteiger partial charge >= 0.3 is 0 Å². The quantitative estimate of drug-likeness (QED) is 0.724. The lowest BCUT2D eigenvalue weighted by molar-refractivity contribution is 0.0764. The topological polar surface area (TPSA) is 72.4 Å². The third-order valence-electron chi connectivity index (χ3n) is 3.48. The lowest BCUT2D eigenvalue weighted by atomic mass is 10.1. The second-order valence-electron chi connectivity index (χ2n) is 5.34. The molecule has 1 aromatic carbocycles. The Bertz CT molecular complexity index is 793. The first-order valence-electron chi connectivity index (χ1n) is 7.32. The van der Waals surface area contributed by atoms with E-state index in [1.807, 2.05) is 31.2 Å². The summed E-state index contributed by atoms with van der Waals surface area (Å²) in [5.74, 6) is 1.21. The second-order valence-corrected chi connectivity index (χ2v) is 5.34. The van der Waals surface area contributed by atoms with Crippen molar-refractivity contribution in [1.82, 2.24) is 15.0 Å². The molecule has 0 fully saturated rings. The molecule has 3 rings (SSSR count). The average molecular weight is 311 g/mol. The SMILES string of the molecule is Cc1cccc(-c2nc(CCN(C)C(=O)c3ccco3)no2)c1. The predicted octanol–water partition coefficient (Wildman–Crippen LogP) is 2.95. The zero-order valence-corrected chi connectivity index (χ0v) is 13.0. The molecule has 1 amide bonds. The van der Waals surface area contributed by atoms with Gasteiger partial charge in [0.25, 0.3) is 11.8 Å². The molecular weight excluding hydrogens is 294 g/mol. The number of rotatable bonds is 5. The zero-order valence-electron chi connectivity index (χ0n) is 13.0. The van der Waals surface area contributed by atoms with Gasteiger partial charge in [-0.25, -0.2) is 0 Å². The fourth-order valence-electron chi connectivity index (χ4n) is 2.21. The van der Waals surface area contributed by atoms with Crippen LogP contribution in [-0.4, -0.2) is 34.5 Å². The van der Waals surface area contributed by atoms with Crippen LogP contribution in [0.2, 0.25) is 0 Å². The van der Waals surface area contributed by atoms with Crippen molar-refractivity contribution < 1.29 is 13.7 Å². The Kier molecular flexibility index (Phi) is 4.23. The number of hydrogen-bond acceptors (Lipinski definition) is 5. The number of carbonyl (C=O) groups excluding carboxylic acids is 1. The fraction of sp³-hybridized carbons (Fsp3) is 0.235. The largest absolute Gasteiger partial charge is 0.459 e. The lowest BCUT2D eigenvalue weighted by Gasteiger charge is -2.14. The van der Waals surface area contributed by atoms with Crippen LogP contribution in [0.3, 0.4) is 0 Å². The van der Waals surface area contributed by atoms with Crippen LogP contribution in [0.5, 0.6) is 0 Å². The van der Waals surface area contributed by atoms with Crippen LogP contribution in [0.4, 0.5) is 0 Å². The molecule has 0 N–H and O–H groups in total. The summed E-state index contributed by atoms with van der Waals surface area (Å²) in [6.45, 7) is 2.49. The van der Waals surface area contributed by atoms with Crippen LogP contribution in [-0.2, 0) is 6.42 Å². The average Bonchev–Trinajstić information content (AvgIpc) is 3.23. The number of amides is 1. The van der Waals surface area contributed by atoms with Gasteiger partial charge in [-0.05, 0) is 31.2 Å². The Morgan fingerprint density at radius 3 is 2.87 bits per heavy atom. The third kappa shape index (κ3) is 3.48. The first kappa shape index (κ1) is 15.0. The monoisotopic (exact) mass is 311 g/mol. The Labute approximate surface area is 133 Å². The van der Waals surface area contributed by atoms with Gasteiger partial charge in [0, 0.05) is 25.6 Å². The van der Waals surface area contributed by atoms with E-state index in [4.69, 9.17) is 8.94 Å². The Hall–Kier alpha value is -2.89. The number of carbonyl (C=O) groups is 1. The molecule has 0 unspecified atom stereocenters. The summed E-state index contributed by atoms with van der Waals surface area (Å²) < 4.78 is 10.4. The van der Waals surface area contributed by atoms with Crippen molar-refractivity contribution in [3.63, 3.8) is 0 Å². The maximum absolute atomic E-state index is 12.1. The van der Waals surface area contributed by atoms with Gasteiger partial charge in [0.1, 0.15) is 0 Å². The van der Waals surface area contributed by atoms with Gasteiger partial charge in [-0.15, -0.1) is 0 Å². The predicted molar refractivity (Wildman–Crippen MR) is 83.8 cm³/mol. The van der Waals surface area contributed by atoms with E-state index in [1.54, 1.807) is 24.1 Å². The van der Waals surface area contributed by atoms with Crippen LogP contribution in [0.1, 0.15) is 21.9 Å². The minimum absolute atomic E-state index is 0.169. The van der Waals surface area contributed by atoms with Gasteiger partial charge in [0.15, 0.2) is 11.6 Å². The van der Waals surface area contributed by atoms with Gasteiger partial charge < -0.3 is 13.8 Å². The highest BCUT2D eigenvalue weighted by Gasteiger charge is 2.15. The van der Waals surface area contributed by atoms with Crippen LogP contribution in [0.15, 0.2) is 51.6 Å². The summed E-state index contributed by atoms with van der Waals surface area (Å²) in [6, 6.07) is 11.2. The van der Waals surface area contributed by atoms with Crippen LogP contribution < -0.4 is 0 Å². The number of hydrogen-bond donors (Lipinski definition) is 0. The standard InChI is InChI=1S/C17H17N3O3/c1-12-5-3-6-13(11-12)16-18-15(19-23-16)8-9-20(2)17(21)14-7-4-10-22-14/h3-7,10-11H,8-9H2,1-2H3. The van der Waals surface area contributed by atoms with E-state index in [9.17, 15) is 4.79 Å². The Morgan fingerprint density at radius 1 is 1.26 bits per heavy atom. The van der Waals surface area contributed by atoms with Crippen molar-refractivity contribution in [2.75, 3.05) is 13.6 Å². The second kappa shape index (κ2) is 6.48. The van der Waals surface area contributed by atoms with Crippen LogP contribution in [0.25, 0.3) is 11.5 Å². The molecule has 0 saturated heterocycles. The molecule has 0 atom stereocenters. The molecule has 118 valence electrons. The molecule has 3 aromatic rings. The summed E-state index contributed by atoms with van der Waals surface area (Å²) in [5.41, 5.74) is 2.02. The Balaban J connectivity index is 1.62. The molecule has 0 radical (unpaired) electrons. The molecule has 2 heterocycles. The molecule has 0 aliphatic heterocycles. The highest BCUT2D eigenvalue weighted by molar-refractivity contribution is 5.91. The summed E-state index contributed by atoms with van der Waals surface area (Å²) >= 11 is 0. The maximum atomic E-state index is 12.1. The Morgan fingerprint density at radius 2 is 2.13 bits per heavy atom. The molecule has 0 bridgehead atoms. The van der Waals surface area contributed by atoms with E-state index in [0.717, 1.165) is 11.1 Å². The zero-order chi connectivity index (χ0) is 16.2. The van der Waals surface area contributed by atoms with Gasteiger partial charge in [0.05, 0.1) is 6.26 Å². The molecule has 2 aromatic heterocycles. The molecule has 0 aliphatic rings. The first-order chi connectivity index (χ1) is 11.1. The normalized spacial score (nSPS) is 10.7. The molecule has 6 heteroatoms. The smallest absolute Gasteiger partial charge is 0.289 e. The number of benzene rings is 1. The maximum Gasteiger partial charge on any atom is 0.289 e. The number of aryl methyl sites for hydroxylation is 1. The summed E-state index contributed by atoms with van der Waals surface area (Å²) in [4.78, 5) is 18.0. The molecule has 23 heavy (non-hydrogen) atoms. The summed E-state index contributed by atoms with van der Waals surface area (Å²) in [5, 5.41) is 3.97.